The van der Waals surface area contributed by atoms with Crippen LogP contribution in [0.3, 0.4) is 0 Å². The largest absolute Gasteiger partial charge is 0.496 e. The number of ether oxygens (including phenoxy) is 2. The lowest BCUT2D eigenvalue weighted by Gasteiger charge is -2.32. The quantitative estimate of drug-likeness (QED) is 0.513. The average molecular weight is 538 g/mol. The fourth-order valence-electron chi connectivity index (χ4n) is 6.96. The van der Waals surface area contributed by atoms with Crippen LogP contribution in [-0.2, 0) is 19.1 Å². The zero-order valence-corrected chi connectivity index (χ0v) is 22.9. The lowest BCUT2D eigenvalue weighted by molar-refractivity contribution is -0.146. The summed E-state index contributed by atoms with van der Waals surface area (Å²) in [7, 11) is 2.88. The number of rotatable bonds is 7. The van der Waals surface area contributed by atoms with Crippen LogP contribution in [0.25, 0.3) is 10.9 Å². The number of aromatic nitrogens is 1. The van der Waals surface area contributed by atoms with Crippen molar-refractivity contribution in [3.63, 3.8) is 0 Å². The molecule has 1 unspecified atom stereocenters. The van der Waals surface area contributed by atoms with Crippen molar-refractivity contribution in [2.24, 2.45) is 11.3 Å². The molecule has 9 heteroatoms. The summed E-state index contributed by atoms with van der Waals surface area (Å²) in [6.07, 6.45) is 9.06. The van der Waals surface area contributed by atoms with Crippen molar-refractivity contribution in [3.05, 3.63) is 30.0 Å². The molecule has 3 aliphatic rings. The third kappa shape index (κ3) is 5.54. The van der Waals surface area contributed by atoms with Crippen molar-refractivity contribution >= 4 is 34.5 Å². The molecule has 3 fully saturated rings. The van der Waals surface area contributed by atoms with Crippen LogP contribution in [0.2, 0.25) is 0 Å². The van der Waals surface area contributed by atoms with Crippen LogP contribution in [0.4, 0.5) is 0 Å². The van der Waals surface area contributed by atoms with Gasteiger partial charge in [-0.3, -0.25) is 14.4 Å². The number of hydrogen-bond donors (Lipinski definition) is 2. The van der Waals surface area contributed by atoms with Crippen molar-refractivity contribution < 1.29 is 28.7 Å². The van der Waals surface area contributed by atoms with Gasteiger partial charge in [0.05, 0.1) is 14.2 Å². The van der Waals surface area contributed by atoms with E-state index in [0.717, 1.165) is 55.8 Å². The van der Waals surface area contributed by atoms with Crippen LogP contribution in [-0.4, -0.2) is 66.3 Å². The van der Waals surface area contributed by atoms with E-state index in [0.29, 0.717) is 37.3 Å². The molecular weight excluding hydrogens is 498 g/mol. The van der Waals surface area contributed by atoms with Gasteiger partial charge in [0.15, 0.2) is 0 Å². The number of carbonyl (C=O) groups is 4. The first-order chi connectivity index (χ1) is 18.8. The van der Waals surface area contributed by atoms with Crippen molar-refractivity contribution in [1.29, 1.82) is 0 Å². The van der Waals surface area contributed by atoms with Gasteiger partial charge in [-0.05, 0) is 62.1 Å². The van der Waals surface area contributed by atoms with Crippen molar-refractivity contribution in [2.45, 2.75) is 82.7 Å². The summed E-state index contributed by atoms with van der Waals surface area (Å²) >= 11 is 0. The first-order valence-corrected chi connectivity index (χ1v) is 14.2. The maximum Gasteiger partial charge on any atom is 0.328 e. The van der Waals surface area contributed by atoms with E-state index in [2.05, 4.69) is 10.3 Å². The van der Waals surface area contributed by atoms with Crippen LogP contribution in [0, 0.1) is 11.3 Å². The molecular formula is C30H39N3O6. The number of nitrogens with one attached hydrogen (secondary N) is 2. The second-order valence-corrected chi connectivity index (χ2v) is 11.5. The van der Waals surface area contributed by atoms with E-state index in [4.69, 9.17) is 9.47 Å². The Morgan fingerprint density at radius 3 is 2.64 bits per heavy atom. The van der Waals surface area contributed by atoms with Crippen molar-refractivity contribution in [1.82, 2.24) is 15.2 Å². The van der Waals surface area contributed by atoms with Crippen LogP contribution < -0.4 is 10.1 Å². The molecule has 0 radical (unpaired) electrons. The molecule has 1 spiro atoms. The summed E-state index contributed by atoms with van der Waals surface area (Å²) in [5.41, 5.74) is 1.07. The molecule has 1 aromatic carbocycles. The number of esters is 1. The molecule has 1 aromatic heterocycles. The smallest absolute Gasteiger partial charge is 0.328 e. The van der Waals surface area contributed by atoms with E-state index >= 15 is 0 Å². The minimum absolute atomic E-state index is 0.111. The minimum Gasteiger partial charge on any atom is -0.496 e. The molecule has 2 heterocycles. The number of likely N-dealkylation sites (tertiary alicyclic amines) is 1. The monoisotopic (exact) mass is 537 g/mol. The second-order valence-electron chi connectivity index (χ2n) is 11.5. The fraction of sp³-hybridized carbons (Fsp3) is 0.600. The predicted molar refractivity (Wildman–Crippen MR) is 145 cm³/mol. The van der Waals surface area contributed by atoms with Gasteiger partial charge in [-0.2, -0.15) is 0 Å². The Labute approximate surface area is 229 Å². The lowest BCUT2D eigenvalue weighted by atomic mass is 9.72. The number of benzene rings is 1. The first-order valence-electron chi connectivity index (χ1n) is 14.2. The predicted octanol–water partition coefficient (Wildman–Crippen LogP) is 4.15. The Balaban J connectivity index is 1.40. The molecule has 3 atom stereocenters. The van der Waals surface area contributed by atoms with Crippen LogP contribution in [0.5, 0.6) is 5.75 Å². The topological polar surface area (TPSA) is 118 Å². The number of carbonyl (C=O) groups excluding carboxylic acids is 4. The van der Waals surface area contributed by atoms with Gasteiger partial charge in [0.2, 0.25) is 5.91 Å². The van der Waals surface area contributed by atoms with Crippen LogP contribution in [0.1, 0.15) is 81.1 Å². The Hall–Kier alpha value is -3.36. The highest BCUT2D eigenvalue weighted by Crippen LogP contribution is 2.47. The first kappa shape index (κ1) is 27.2. The van der Waals surface area contributed by atoms with E-state index in [9.17, 15) is 19.2 Å². The number of methoxy groups -OCH3 is 2. The number of fused-ring (bicyclic) bond motifs is 1. The third-order valence-corrected chi connectivity index (χ3v) is 9.06. The standard InChI is InChI=1S/C30H39N3O6/c1-38-26-12-8-10-21-20(26)16-22(31-21)28(36)33-18-30(13-6-3-7-14-30)17-24(33)27(35)32-23(29(37)39-2)15-19-9-4-5-11-25(19)34/h8,10,12,16,19,23-24,31H,3-7,9,11,13-15,17-18H2,1-2H3,(H,32,35)/t19-,23-,24?/m0/s1. The number of ketones is 1. The SMILES string of the molecule is COC(=O)[C@H](C[C@@H]1CCCCC1=O)NC(=O)C1CC2(CCCCC2)CN1C(=O)c1cc2c(OC)cccc2[nH]1. The van der Waals surface area contributed by atoms with Gasteiger partial charge >= 0.3 is 5.97 Å². The minimum atomic E-state index is -0.924. The van der Waals surface area contributed by atoms with E-state index in [-0.39, 0.29) is 35.4 Å². The molecule has 210 valence electrons. The summed E-state index contributed by atoms with van der Waals surface area (Å²) < 4.78 is 10.5. The summed E-state index contributed by atoms with van der Waals surface area (Å²) in [4.78, 5) is 57.8. The molecule has 5 rings (SSSR count). The number of hydrogen-bond acceptors (Lipinski definition) is 6. The molecule has 0 bridgehead atoms. The van der Waals surface area contributed by atoms with Crippen LogP contribution >= 0.6 is 0 Å². The molecule has 1 aliphatic heterocycles. The van der Waals surface area contributed by atoms with Gasteiger partial charge in [-0.25, -0.2) is 4.79 Å². The maximum atomic E-state index is 13.9. The van der Waals surface area contributed by atoms with Crippen molar-refractivity contribution in [3.8, 4) is 5.75 Å². The van der Waals surface area contributed by atoms with Crippen molar-refractivity contribution in [2.75, 3.05) is 20.8 Å². The van der Waals surface area contributed by atoms with Gasteiger partial charge in [0, 0.05) is 29.8 Å². The normalized spacial score (nSPS) is 23.5. The number of amides is 2. The maximum absolute atomic E-state index is 13.9. The fourth-order valence-corrected chi connectivity index (χ4v) is 6.96. The van der Waals surface area contributed by atoms with Gasteiger partial charge in [0.1, 0.15) is 29.3 Å². The van der Waals surface area contributed by atoms with Gasteiger partial charge < -0.3 is 24.7 Å². The molecule has 2 saturated carbocycles. The Bertz CT molecular complexity index is 1250. The Morgan fingerprint density at radius 2 is 1.92 bits per heavy atom. The summed E-state index contributed by atoms with van der Waals surface area (Å²) in [6.45, 7) is 0.500. The van der Waals surface area contributed by atoms with E-state index in [1.54, 1.807) is 18.1 Å². The Morgan fingerprint density at radius 1 is 1.13 bits per heavy atom. The summed E-state index contributed by atoms with van der Waals surface area (Å²) in [6, 6.07) is 5.74. The highest BCUT2D eigenvalue weighted by atomic mass is 16.5. The van der Waals surface area contributed by atoms with Gasteiger partial charge in [0.25, 0.3) is 5.91 Å². The highest BCUT2D eigenvalue weighted by Gasteiger charge is 2.49. The zero-order chi connectivity index (χ0) is 27.6. The Kier molecular flexibility index (Phi) is 7.96. The third-order valence-electron chi connectivity index (χ3n) is 9.06. The molecule has 2 aromatic rings. The number of aromatic amines is 1. The lowest BCUT2D eigenvalue weighted by Crippen LogP contribution is -2.52. The molecule has 39 heavy (non-hydrogen) atoms. The van der Waals surface area contributed by atoms with Gasteiger partial charge in [-0.15, -0.1) is 0 Å². The second kappa shape index (κ2) is 11.4. The van der Waals surface area contributed by atoms with Gasteiger partial charge in [-0.1, -0.05) is 31.7 Å². The molecule has 1 saturated heterocycles. The molecule has 9 nitrogen and oxygen atoms in total. The number of Topliss-reactive ketones (excluding diaryl/α,β-unsaturated/α-hetero) is 1. The van der Waals surface area contributed by atoms with E-state index in [1.165, 1.54) is 7.11 Å². The summed E-state index contributed by atoms with van der Waals surface area (Å²) in [5, 5.41) is 3.70. The van der Waals surface area contributed by atoms with E-state index < -0.39 is 18.1 Å². The van der Waals surface area contributed by atoms with Crippen LogP contribution in [0.15, 0.2) is 24.3 Å². The average Bonchev–Trinajstić information content (AvgIpc) is 3.55. The number of H-pyrrole nitrogens is 1. The highest BCUT2D eigenvalue weighted by molar-refractivity contribution is 6.02. The van der Waals surface area contributed by atoms with E-state index in [1.807, 2.05) is 18.2 Å². The molecule has 2 aliphatic carbocycles. The zero-order valence-electron chi connectivity index (χ0n) is 22.9. The summed E-state index contributed by atoms with van der Waals surface area (Å²) in [5.74, 6) is -0.632. The molecule has 2 amide bonds. The number of nitrogens with zero attached hydrogens (tertiary/aromatic N) is 1. The molecule has 2 N–H and O–H groups in total.